The maximum atomic E-state index is 12.6. The van der Waals surface area contributed by atoms with E-state index in [9.17, 15) is 13.2 Å². The molecule has 29 heavy (non-hydrogen) atoms. The maximum absolute atomic E-state index is 12.6. The lowest BCUT2D eigenvalue weighted by Crippen LogP contribution is -2.34. The fraction of sp³-hybridized carbons (Fsp3) is 0.261. The van der Waals surface area contributed by atoms with Crippen LogP contribution in [0, 0.1) is 0 Å². The molecule has 2 N–H and O–H groups in total. The number of fused-ring (bicyclic) bond motifs is 2. The first kappa shape index (κ1) is 19.6. The number of hydrogen-bond donors (Lipinski definition) is 2. The van der Waals surface area contributed by atoms with E-state index in [1.807, 2.05) is 36.4 Å². The molecule has 0 bridgehead atoms. The molecule has 3 aromatic rings. The van der Waals surface area contributed by atoms with E-state index in [2.05, 4.69) is 22.2 Å². The second-order valence-electron chi connectivity index (χ2n) is 7.37. The van der Waals surface area contributed by atoms with Gasteiger partial charge in [0.1, 0.15) is 0 Å². The second-order valence-corrected chi connectivity index (χ2v) is 9.13. The summed E-state index contributed by atoms with van der Waals surface area (Å²) in [6, 6.07) is 20.8. The Morgan fingerprint density at radius 1 is 0.966 bits per heavy atom. The molecule has 150 valence electrons. The predicted octanol–water partition coefficient (Wildman–Crippen LogP) is 3.70. The highest BCUT2D eigenvalue weighted by Gasteiger charge is 2.21. The summed E-state index contributed by atoms with van der Waals surface area (Å²) < 4.78 is 27.7. The van der Waals surface area contributed by atoms with Crippen LogP contribution in [0.5, 0.6) is 0 Å². The third-order valence-corrected chi connectivity index (χ3v) is 6.84. The molecular formula is C23H24N2O3S. The first-order valence-electron chi connectivity index (χ1n) is 9.88. The Labute approximate surface area is 171 Å². The Kier molecular flexibility index (Phi) is 5.65. The second kappa shape index (κ2) is 8.35. The summed E-state index contributed by atoms with van der Waals surface area (Å²) in [5, 5.41) is 4.90. The maximum Gasteiger partial charge on any atom is 0.240 e. The lowest BCUT2D eigenvalue weighted by molar-refractivity contribution is -0.121. The Hall–Kier alpha value is -2.70. The molecule has 1 amide bonds. The van der Waals surface area contributed by atoms with Crippen molar-refractivity contribution in [3.63, 3.8) is 0 Å². The van der Waals surface area contributed by atoms with Gasteiger partial charge in [0, 0.05) is 13.0 Å². The monoisotopic (exact) mass is 408 g/mol. The zero-order valence-corrected chi connectivity index (χ0v) is 16.9. The zero-order valence-electron chi connectivity index (χ0n) is 16.1. The van der Waals surface area contributed by atoms with Gasteiger partial charge >= 0.3 is 0 Å². The molecule has 1 aliphatic carbocycles. The van der Waals surface area contributed by atoms with Crippen molar-refractivity contribution < 1.29 is 13.2 Å². The van der Waals surface area contributed by atoms with Gasteiger partial charge in [-0.3, -0.25) is 4.79 Å². The molecule has 5 nitrogen and oxygen atoms in total. The van der Waals surface area contributed by atoms with Crippen LogP contribution in [0.3, 0.4) is 0 Å². The number of nitrogens with one attached hydrogen (secondary N) is 2. The van der Waals surface area contributed by atoms with E-state index in [0.717, 1.165) is 30.0 Å². The summed E-state index contributed by atoms with van der Waals surface area (Å²) in [6.07, 6.45) is 3.09. The summed E-state index contributed by atoms with van der Waals surface area (Å²) in [7, 11) is -3.66. The Morgan fingerprint density at radius 3 is 2.59 bits per heavy atom. The van der Waals surface area contributed by atoms with Crippen molar-refractivity contribution >= 4 is 26.7 Å². The fourth-order valence-electron chi connectivity index (χ4n) is 3.89. The van der Waals surface area contributed by atoms with Crippen LogP contribution in [0.2, 0.25) is 0 Å². The van der Waals surface area contributed by atoms with Crippen LogP contribution in [-0.2, 0) is 21.2 Å². The number of sulfonamides is 1. The summed E-state index contributed by atoms with van der Waals surface area (Å²) in [5.74, 6) is -0.145. The molecular weight excluding hydrogens is 384 g/mol. The molecule has 0 radical (unpaired) electrons. The van der Waals surface area contributed by atoms with Gasteiger partial charge in [-0.25, -0.2) is 13.1 Å². The van der Waals surface area contributed by atoms with Crippen molar-refractivity contribution in [1.82, 2.24) is 10.0 Å². The lowest BCUT2D eigenvalue weighted by Gasteiger charge is -2.26. The highest BCUT2D eigenvalue weighted by Crippen LogP contribution is 2.29. The van der Waals surface area contributed by atoms with Crippen molar-refractivity contribution in [2.24, 2.45) is 0 Å². The van der Waals surface area contributed by atoms with Crippen molar-refractivity contribution in [3.05, 3.63) is 77.9 Å². The Bertz CT molecular complexity index is 1140. The summed E-state index contributed by atoms with van der Waals surface area (Å²) in [5.41, 5.74) is 2.45. The Balaban J connectivity index is 1.35. The van der Waals surface area contributed by atoms with E-state index < -0.39 is 10.0 Å². The zero-order chi connectivity index (χ0) is 20.3. The SMILES string of the molecule is O=C(CCNS(=O)(=O)c1ccc2ccccc2c1)N[C@@H]1CCCc2ccccc21. The number of rotatable bonds is 6. The van der Waals surface area contributed by atoms with Gasteiger partial charge in [0.25, 0.3) is 0 Å². The minimum absolute atomic E-state index is 0.00421. The normalized spacial score (nSPS) is 16.3. The molecule has 1 aliphatic rings. The minimum atomic E-state index is -3.66. The smallest absolute Gasteiger partial charge is 0.240 e. The first-order chi connectivity index (χ1) is 14.0. The average Bonchev–Trinajstić information content (AvgIpc) is 2.73. The molecule has 1 atom stereocenters. The van der Waals surface area contributed by atoms with E-state index in [-0.39, 0.29) is 29.8 Å². The lowest BCUT2D eigenvalue weighted by atomic mass is 9.88. The molecule has 4 rings (SSSR count). The number of amides is 1. The number of benzene rings is 3. The van der Waals surface area contributed by atoms with E-state index in [0.29, 0.717) is 0 Å². The highest BCUT2D eigenvalue weighted by molar-refractivity contribution is 7.89. The van der Waals surface area contributed by atoms with E-state index in [4.69, 9.17) is 0 Å². The average molecular weight is 409 g/mol. The topological polar surface area (TPSA) is 75.3 Å². The third kappa shape index (κ3) is 4.49. The van der Waals surface area contributed by atoms with Gasteiger partial charge in [0.15, 0.2) is 0 Å². The molecule has 0 saturated carbocycles. The highest BCUT2D eigenvalue weighted by atomic mass is 32.2. The summed E-state index contributed by atoms with van der Waals surface area (Å²) >= 11 is 0. The Morgan fingerprint density at radius 2 is 1.72 bits per heavy atom. The standard InChI is InChI=1S/C23H24N2O3S/c26-23(25-22-11-5-9-18-7-3-4-10-21(18)22)14-15-24-29(27,28)20-13-12-17-6-1-2-8-19(17)16-20/h1-4,6-8,10,12-13,16,22,24H,5,9,11,14-15H2,(H,25,26)/t22-/m1/s1. The van der Waals surface area contributed by atoms with Crippen LogP contribution in [0.25, 0.3) is 10.8 Å². The fourth-order valence-corrected chi connectivity index (χ4v) is 4.95. The number of aryl methyl sites for hydroxylation is 1. The van der Waals surface area contributed by atoms with Crippen LogP contribution in [0.15, 0.2) is 71.6 Å². The summed E-state index contributed by atoms with van der Waals surface area (Å²) in [4.78, 5) is 12.6. The third-order valence-electron chi connectivity index (χ3n) is 5.38. The molecule has 0 unspecified atom stereocenters. The number of carbonyl (C=O) groups excluding carboxylic acids is 1. The van der Waals surface area contributed by atoms with Gasteiger partial charge in [-0.05, 0) is 53.3 Å². The minimum Gasteiger partial charge on any atom is -0.349 e. The quantitative estimate of drug-likeness (QED) is 0.653. The van der Waals surface area contributed by atoms with Gasteiger partial charge in [0.05, 0.1) is 10.9 Å². The van der Waals surface area contributed by atoms with Crippen LogP contribution in [0.1, 0.15) is 36.4 Å². The van der Waals surface area contributed by atoms with Crippen LogP contribution >= 0.6 is 0 Å². The van der Waals surface area contributed by atoms with E-state index in [1.54, 1.807) is 18.2 Å². The largest absolute Gasteiger partial charge is 0.349 e. The molecule has 0 saturated heterocycles. The van der Waals surface area contributed by atoms with Crippen molar-refractivity contribution in [1.29, 1.82) is 0 Å². The van der Waals surface area contributed by atoms with Gasteiger partial charge in [-0.2, -0.15) is 0 Å². The van der Waals surface area contributed by atoms with Gasteiger partial charge in [-0.1, -0.05) is 54.6 Å². The van der Waals surface area contributed by atoms with E-state index >= 15 is 0 Å². The number of hydrogen-bond acceptors (Lipinski definition) is 3. The van der Waals surface area contributed by atoms with Crippen molar-refractivity contribution in [2.45, 2.75) is 36.6 Å². The molecule has 0 fully saturated rings. The molecule has 0 spiro atoms. The van der Waals surface area contributed by atoms with Crippen molar-refractivity contribution in [3.8, 4) is 0 Å². The first-order valence-corrected chi connectivity index (χ1v) is 11.4. The van der Waals surface area contributed by atoms with Gasteiger partial charge in [-0.15, -0.1) is 0 Å². The van der Waals surface area contributed by atoms with Crippen molar-refractivity contribution in [2.75, 3.05) is 6.54 Å². The molecule has 0 aliphatic heterocycles. The van der Waals surface area contributed by atoms with Crippen LogP contribution in [0.4, 0.5) is 0 Å². The number of carbonyl (C=O) groups is 1. The van der Waals surface area contributed by atoms with Crippen LogP contribution in [-0.4, -0.2) is 20.9 Å². The molecule has 6 heteroatoms. The summed E-state index contributed by atoms with van der Waals surface area (Å²) in [6.45, 7) is 0.0648. The van der Waals surface area contributed by atoms with Gasteiger partial charge < -0.3 is 5.32 Å². The predicted molar refractivity (Wildman–Crippen MR) is 114 cm³/mol. The van der Waals surface area contributed by atoms with Crippen LogP contribution < -0.4 is 10.0 Å². The molecule has 0 heterocycles. The van der Waals surface area contributed by atoms with Gasteiger partial charge in [0.2, 0.25) is 15.9 Å². The molecule has 3 aromatic carbocycles. The molecule has 0 aromatic heterocycles. The van der Waals surface area contributed by atoms with E-state index in [1.165, 1.54) is 11.1 Å².